The number of benzene rings is 4. The number of aliphatic carboxylic acids is 1. The van der Waals surface area contributed by atoms with E-state index in [0.717, 1.165) is 53.5 Å². The maximum absolute atomic E-state index is 12.9. The number of rotatable bonds is 8. The predicted molar refractivity (Wildman–Crippen MR) is 185 cm³/mol. The van der Waals surface area contributed by atoms with E-state index in [1.807, 2.05) is 0 Å². The fourth-order valence-electron chi connectivity index (χ4n) is 5.07. The molecule has 2 fully saturated rings. The van der Waals surface area contributed by atoms with E-state index in [1.165, 1.54) is 48.5 Å². The highest BCUT2D eigenvalue weighted by molar-refractivity contribution is 6.32. The zero-order chi connectivity index (χ0) is 41.8. The fraction of sp³-hybridized carbons (Fsp3) is 0.0811. The zero-order valence-corrected chi connectivity index (χ0v) is 28.4. The van der Waals surface area contributed by atoms with Crippen molar-refractivity contribution in [3.63, 3.8) is 0 Å². The fourth-order valence-corrected chi connectivity index (χ4v) is 5.07. The Morgan fingerprint density at radius 3 is 1.54 bits per heavy atom. The number of hydrogen-bond donors (Lipinski definition) is 5. The highest BCUT2D eigenvalue weighted by Crippen LogP contribution is 2.34. The highest BCUT2D eigenvalue weighted by atomic mass is 19.4. The third-order valence-electron chi connectivity index (χ3n) is 7.76. The number of alkyl halides is 6. The Morgan fingerprint density at radius 2 is 1.11 bits per heavy atom. The molecule has 4 aromatic carbocycles. The number of carbonyl (C=O) groups excluding carboxylic acids is 4. The average molecular weight is 799 g/mol. The summed E-state index contributed by atoms with van der Waals surface area (Å²) in [7, 11) is 0. The van der Waals surface area contributed by atoms with E-state index in [-0.39, 0.29) is 28.3 Å². The summed E-state index contributed by atoms with van der Waals surface area (Å²) < 4.78 is 82.2. The summed E-state index contributed by atoms with van der Waals surface area (Å²) in [5.74, 6) is -6.12. The van der Waals surface area contributed by atoms with Gasteiger partial charge in [0.15, 0.2) is 6.61 Å². The van der Waals surface area contributed by atoms with E-state index in [4.69, 9.17) is 14.9 Å². The number of aromatic hydroxyl groups is 1. The first-order valence-electron chi connectivity index (χ1n) is 15.8. The Morgan fingerprint density at radius 1 is 0.649 bits per heavy atom. The Balaban J connectivity index is 0.000000218. The first-order valence-corrected chi connectivity index (χ1v) is 15.8. The summed E-state index contributed by atoms with van der Waals surface area (Å²) in [6, 6.07) is 17.2. The molecule has 0 radical (unpaired) electrons. The third kappa shape index (κ3) is 9.54. The Hall–Kier alpha value is -7.64. The van der Waals surface area contributed by atoms with E-state index >= 15 is 0 Å². The van der Waals surface area contributed by atoms with Crippen molar-refractivity contribution >= 4 is 59.1 Å². The molecule has 4 amide bonds. The van der Waals surface area contributed by atoms with Crippen LogP contribution in [0.2, 0.25) is 0 Å². The molecule has 0 spiro atoms. The minimum atomic E-state index is -4.62. The van der Waals surface area contributed by atoms with Crippen LogP contribution in [0.1, 0.15) is 32.6 Å². The van der Waals surface area contributed by atoms with Gasteiger partial charge < -0.3 is 20.1 Å². The zero-order valence-electron chi connectivity index (χ0n) is 28.4. The van der Waals surface area contributed by atoms with Gasteiger partial charge in [0.05, 0.1) is 22.5 Å². The number of anilines is 2. The van der Waals surface area contributed by atoms with Gasteiger partial charge in [-0.25, -0.2) is 19.6 Å². The van der Waals surface area contributed by atoms with Crippen molar-refractivity contribution in [2.24, 2.45) is 0 Å². The lowest BCUT2D eigenvalue weighted by Crippen LogP contribution is -2.35. The Bertz CT molecular complexity index is 2360. The predicted octanol–water partition coefficient (Wildman–Crippen LogP) is 5.20. The van der Waals surface area contributed by atoms with E-state index in [1.54, 1.807) is 0 Å². The first-order chi connectivity index (χ1) is 26.7. The smallest absolute Gasteiger partial charge is 0.416 e. The van der Waals surface area contributed by atoms with E-state index < -0.39 is 82.5 Å². The molecule has 0 aliphatic carbocycles. The van der Waals surface area contributed by atoms with Gasteiger partial charge in [0.1, 0.15) is 28.2 Å². The van der Waals surface area contributed by atoms with Crippen LogP contribution in [-0.4, -0.2) is 57.5 Å². The van der Waals surface area contributed by atoms with Crippen LogP contribution in [0.5, 0.6) is 11.5 Å². The molecule has 14 nitrogen and oxygen atoms in total. The van der Waals surface area contributed by atoms with Gasteiger partial charge in [-0.3, -0.25) is 30.0 Å². The second kappa shape index (κ2) is 16.0. The molecule has 0 bridgehead atoms. The number of aromatic carboxylic acids is 1. The number of hydrogen-bond acceptors (Lipinski definition) is 8. The van der Waals surface area contributed by atoms with Crippen molar-refractivity contribution < 1.29 is 75.2 Å². The van der Waals surface area contributed by atoms with Crippen LogP contribution in [0.3, 0.4) is 0 Å². The van der Waals surface area contributed by atoms with Gasteiger partial charge >= 0.3 is 24.3 Å². The van der Waals surface area contributed by atoms with E-state index in [0.29, 0.717) is 16.6 Å². The number of phenols is 1. The summed E-state index contributed by atoms with van der Waals surface area (Å²) in [5.41, 5.74) is 1.62. The number of hydrazine groups is 2. The van der Waals surface area contributed by atoms with Gasteiger partial charge in [-0.2, -0.15) is 26.3 Å². The maximum atomic E-state index is 12.9. The van der Waals surface area contributed by atoms with Crippen LogP contribution >= 0.6 is 0 Å². The van der Waals surface area contributed by atoms with Gasteiger partial charge in [-0.05, 0) is 83.9 Å². The number of carbonyl (C=O) groups is 6. The van der Waals surface area contributed by atoms with E-state index in [2.05, 4.69) is 10.9 Å². The quantitative estimate of drug-likeness (QED) is 0.0896. The second-order valence-corrected chi connectivity index (χ2v) is 11.7. The van der Waals surface area contributed by atoms with Crippen molar-refractivity contribution in [2.75, 3.05) is 16.6 Å². The van der Waals surface area contributed by atoms with Crippen molar-refractivity contribution in [1.29, 1.82) is 0 Å². The number of halogens is 6. The van der Waals surface area contributed by atoms with Gasteiger partial charge in [0.2, 0.25) is 0 Å². The first kappa shape index (κ1) is 40.5. The van der Waals surface area contributed by atoms with Crippen molar-refractivity contribution in [3.05, 3.63) is 130 Å². The van der Waals surface area contributed by atoms with E-state index in [9.17, 15) is 60.2 Å². The van der Waals surface area contributed by atoms with Crippen LogP contribution in [-0.2, 0) is 36.3 Å². The lowest BCUT2D eigenvalue weighted by molar-refractivity contribution is -0.139. The van der Waals surface area contributed by atoms with Gasteiger partial charge in [-0.15, -0.1) is 0 Å². The molecule has 6 rings (SSSR count). The molecule has 4 aromatic rings. The van der Waals surface area contributed by atoms with Gasteiger partial charge in [-0.1, -0.05) is 30.3 Å². The summed E-state index contributed by atoms with van der Waals surface area (Å²) in [4.78, 5) is 70.8. The average Bonchev–Trinajstić information content (AvgIpc) is 3.60. The lowest BCUT2D eigenvalue weighted by atomic mass is 10.1. The Kier molecular flexibility index (Phi) is 11.4. The number of carboxylic acid groups (broad SMARTS) is 2. The minimum absolute atomic E-state index is 0.126. The molecular weight excluding hydrogens is 774 g/mol. The molecule has 5 N–H and O–H groups in total. The molecule has 2 heterocycles. The minimum Gasteiger partial charge on any atom is -0.507 e. The Labute approximate surface area is 315 Å². The number of amides is 4. The molecule has 294 valence electrons. The standard InChI is InChI=1S/C19H13F3N2O5.C18H11F3N2O5/c20-19(21,22)12-2-1-3-13(9-12)24-18(28)15(17(27)23-24)8-11-4-6-14(7-5-11)29-10-16(25)26;19-18(20,21)10-2-1-3-11(8-10)23-16(26)13(15(25)22-23)7-9-4-5-14(24)12(6-9)17(27)28/h1-9H,10H2,(H,23,27)(H,25,26);1-8,24H,(H,22,25)(H,27,28). The normalized spacial score (nSPS) is 15.7. The number of nitrogens with one attached hydrogen (secondary N) is 2. The van der Waals surface area contributed by atoms with Crippen molar-refractivity contribution in [2.45, 2.75) is 12.4 Å². The van der Waals surface area contributed by atoms with Crippen LogP contribution < -0.4 is 25.6 Å². The molecule has 2 aliphatic rings. The SMILES string of the molecule is O=C(O)COc1ccc(C=C2C(=O)NN(c3cccc(C(F)(F)F)c3)C2=O)cc1.O=C1NN(c2cccc(C(F)(F)F)c2)C(=O)C1=Cc1ccc(O)c(C(=O)O)c1. The lowest BCUT2D eigenvalue weighted by Gasteiger charge is -2.16. The number of nitrogens with zero attached hydrogens (tertiary/aromatic N) is 2. The van der Waals surface area contributed by atoms with Gasteiger partial charge in [0, 0.05) is 0 Å². The summed E-state index contributed by atoms with van der Waals surface area (Å²) in [6.07, 6.45) is -6.87. The highest BCUT2D eigenvalue weighted by Gasteiger charge is 2.38. The molecule has 2 aliphatic heterocycles. The molecule has 0 unspecified atom stereocenters. The molecule has 0 aromatic heterocycles. The second-order valence-electron chi connectivity index (χ2n) is 11.7. The summed E-state index contributed by atoms with van der Waals surface area (Å²) in [6.45, 7) is -0.521. The summed E-state index contributed by atoms with van der Waals surface area (Å²) in [5, 5.41) is 28.5. The largest absolute Gasteiger partial charge is 0.507 e. The molecule has 0 saturated carbocycles. The molecule has 0 atom stereocenters. The summed E-state index contributed by atoms with van der Waals surface area (Å²) >= 11 is 0. The van der Waals surface area contributed by atoms with Gasteiger partial charge in [0.25, 0.3) is 23.6 Å². The van der Waals surface area contributed by atoms with Crippen LogP contribution in [0.15, 0.2) is 102 Å². The molecular formula is C37H24F6N4O10. The molecule has 57 heavy (non-hydrogen) atoms. The number of carboxylic acids is 2. The van der Waals surface area contributed by atoms with Crippen LogP contribution in [0.4, 0.5) is 37.7 Å². The maximum Gasteiger partial charge on any atom is 0.416 e. The molecule has 20 heteroatoms. The van der Waals surface area contributed by atoms with Crippen LogP contribution in [0, 0.1) is 0 Å². The van der Waals surface area contributed by atoms with Crippen LogP contribution in [0.25, 0.3) is 12.2 Å². The van der Waals surface area contributed by atoms with Crippen molar-refractivity contribution in [1.82, 2.24) is 10.9 Å². The third-order valence-corrected chi connectivity index (χ3v) is 7.76. The number of ether oxygens (including phenoxy) is 1. The monoisotopic (exact) mass is 798 g/mol. The van der Waals surface area contributed by atoms with Crippen molar-refractivity contribution in [3.8, 4) is 11.5 Å². The molecule has 2 saturated heterocycles. The topological polar surface area (TPSA) is 203 Å².